The fraction of sp³-hybridized carbons (Fsp3) is 1.00. The third-order valence-corrected chi connectivity index (χ3v) is 14.6. The van der Waals surface area contributed by atoms with Crippen LogP contribution in [0, 0.1) is 53.3 Å². The van der Waals surface area contributed by atoms with Crippen LogP contribution in [0.2, 0.25) is 0 Å². The molecule has 0 aromatic rings. The van der Waals surface area contributed by atoms with Crippen LogP contribution in [0.4, 0.5) is 0 Å². The molecule has 8 aliphatic rings. The van der Waals surface area contributed by atoms with E-state index < -0.39 is 0 Å². The molecule has 0 aromatic heterocycles. The molecule has 232 valence electrons. The van der Waals surface area contributed by atoms with Gasteiger partial charge in [-0.05, 0) is 117 Å². The second-order valence-electron chi connectivity index (χ2n) is 16.7. The molecule has 2 saturated heterocycles. The van der Waals surface area contributed by atoms with Crippen molar-refractivity contribution in [3.8, 4) is 0 Å². The summed E-state index contributed by atoms with van der Waals surface area (Å²) in [6, 6.07) is 0. The van der Waals surface area contributed by atoms with Crippen LogP contribution in [0.1, 0.15) is 148 Å². The molecule has 41 heavy (non-hydrogen) atoms. The lowest BCUT2D eigenvalue weighted by Crippen LogP contribution is -2.73. The molecule has 8 rings (SSSR count). The minimum absolute atomic E-state index is 0.475. The highest BCUT2D eigenvalue weighted by Gasteiger charge is 2.58. The first kappa shape index (κ1) is 28.3. The van der Waals surface area contributed by atoms with Crippen molar-refractivity contribution in [2.45, 2.75) is 178 Å². The predicted octanol–water partition coefficient (Wildman–Crippen LogP) is 8.11. The molecule has 4 nitrogen and oxygen atoms in total. The Morgan fingerprint density at radius 3 is 1.51 bits per heavy atom. The van der Waals surface area contributed by atoms with E-state index in [1.54, 1.807) is 0 Å². The van der Waals surface area contributed by atoms with E-state index in [-0.39, 0.29) is 0 Å². The fourth-order valence-corrected chi connectivity index (χ4v) is 12.7. The van der Waals surface area contributed by atoms with Gasteiger partial charge in [-0.25, -0.2) is 0 Å². The molecule has 6 aliphatic carbocycles. The Hall–Kier alpha value is -0.160. The van der Waals surface area contributed by atoms with Gasteiger partial charge in [-0.3, -0.25) is 16.0 Å². The van der Waals surface area contributed by atoms with Gasteiger partial charge < -0.3 is 4.74 Å². The number of hydrogen-bond donors (Lipinski definition) is 3. The van der Waals surface area contributed by atoms with Crippen molar-refractivity contribution in [3.63, 3.8) is 0 Å². The summed E-state index contributed by atoms with van der Waals surface area (Å²) < 4.78 is 7.28. The number of nitrogens with one attached hydrogen (secondary N) is 3. The third-order valence-electron chi connectivity index (χ3n) is 14.6. The maximum Gasteiger partial charge on any atom is 0.0628 e. The Balaban J connectivity index is 1.01. The Morgan fingerprint density at radius 1 is 0.341 bits per heavy atom. The van der Waals surface area contributed by atoms with E-state index in [2.05, 4.69) is 16.0 Å². The summed E-state index contributed by atoms with van der Waals surface area (Å²) >= 11 is 0. The van der Waals surface area contributed by atoms with Gasteiger partial charge in [0.25, 0.3) is 0 Å². The van der Waals surface area contributed by atoms with Crippen LogP contribution < -0.4 is 16.0 Å². The normalized spacial score (nSPS) is 48.7. The molecule has 2 heterocycles. The number of ether oxygens (including phenoxy) is 1. The third kappa shape index (κ3) is 5.72. The van der Waals surface area contributed by atoms with Crippen molar-refractivity contribution in [1.29, 1.82) is 0 Å². The summed E-state index contributed by atoms with van der Waals surface area (Å²) in [6.45, 7) is 0. The molecule has 0 aromatic carbocycles. The lowest BCUT2D eigenvalue weighted by Gasteiger charge is -2.54. The Morgan fingerprint density at radius 2 is 0.878 bits per heavy atom. The molecule has 0 amide bonds. The first-order chi connectivity index (χ1) is 20.3. The molecule has 4 heteroatoms. The molecule has 0 bridgehead atoms. The Kier molecular flexibility index (Phi) is 8.76. The second kappa shape index (κ2) is 12.7. The van der Waals surface area contributed by atoms with Gasteiger partial charge in [0.1, 0.15) is 0 Å². The number of hydrogen-bond acceptors (Lipinski definition) is 4. The first-order valence-electron chi connectivity index (χ1n) is 19.3. The van der Waals surface area contributed by atoms with Gasteiger partial charge in [-0.2, -0.15) is 0 Å². The van der Waals surface area contributed by atoms with Gasteiger partial charge in [-0.1, -0.05) is 83.5 Å². The fourth-order valence-electron chi connectivity index (χ4n) is 12.7. The van der Waals surface area contributed by atoms with Crippen LogP contribution in [0.5, 0.6) is 0 Å². The summed E-state index contributed by atoms with van der Waals surface area (Å²) in [7, 11) is 0. The van der Waals surface area contributed by atoms with Gasteiger partial charge in [0, 0.05) is 0 Å². The van der Waals surface area contributed by atoms with Crippen molar-refractivity contribution >= 4 is 0 Å². The van der Waals surface area contributed by atoms with Crippen LogP contribution in [-0.2, 0) is 4.74 Å². The summed E-state index contributed by atoms with van der Waals surface area (Å²) in [6.07, 6.45) is 36.1. The SMILES string of the molecule is C1CCC(C2CCC3C(C2)OC2CC(C4NC(C5CCCCC5)NC(C5CCCCC5)N4)C4CCCCC4C23)CC1. The standard InChI is InChI=1S/C37H63N3O/c1-4-12-24(13-5-1)27-20-21-30-32(22-27)41-33-23-31(28-18-10-11-19-29(28)34(30)33)37-39-35(25-14-6-2-7-15-25)38-36(40-37)26-16-8-3-9-17-26/h24-40H,1-23H2. The molecule has 3 N–H and O–H groups in total. The van der Waals surface area contributed by atoms with E-state index in [0.717, 1.165) is 53.3 Å². The lowest BCUT2D eigenvalue weighted by atomic mass is 9.55. The molecular formula is C37H63N3O. The zero-order chi connectivity index (χ0) is 27.2. The molecule has 0 radical (unpaired) electrons. The molecule has 0 spiro atoms. The quantitative estimate of drug-likeness (QED) is 0.322. The molecule has 10 atom stereocenters. The maximum atomic E-state index is 7.28. The average Bonchev–Trinajstić information content (AvgIpc) is 3.43. The molecule has 6 saturated carbocycles. The summed E-state index contributed by atoms with van der Waals surface area (Å²) in [4.78, 5) is 0. The van der Waals surface area contributed by atoms with E-state index in [9.17, 15) is 0 Å². The summed E-state index contributed by atoms with van der Waals surface area (Å²) in [5, 5.41) is 12.8. The first-order valence-corrected chi connectivity index (χ1v) is 19.3. The molecule has 2 aliphatic heterocycles. The van der Waals surface area contributed by atoms with Crippen molar-refractivity contribution in [3.05, 3.63) is 0 Å². The smallest absolute Gasteiger partial charge is 0.0628 e. The van der Waals surface area contributed by atoms with Crippen molar-refractivity contribution in [1.82, 2.24) is 16.0 Å². The highest BCUT2D eigenvalue weighted by atomic mass is 16.5. The highest BCUT2D eigenvalue weighted by molar-refractivity contribution is 5.07. The lowest BCUT2D eigenvalue weighted by molar-refractivity contribution is -0.0727. The molecular weight excluding hydrogens is 502 g/mol. The van der Waals surface area contributed by atoms with E-state index in [4.69, 9.17) is 4.74 Å². The summed E-state index contributed by atoms with van der Waals surface area (Å²) in [5.74, 6) is 7.95. The average molecular weight is 566 g/mol. The number of fused-ring (bicyclic) bond motifs is 5. The van der Waals surface area contributed by atoms with Crippen molar-refractivity contribution < 1.29 is 4.74 Å². The zero-order valence-electron chi connectivity index (χ0n) is 26.3. The van der Waals surface area contributed by atoms with E-state index >= 15 is 0 Å². The van der Waals surface area contributed by atoms with E-state index in [1.807, 2.05) is 0 Å². The van der Waals surface area contributed by atoms with E-state index in [1.165, 1.54) is 148 Å². The van der Waals surface area contributed by atoms with Gasteiger partial charge in [0.2, 0.25) is 0 Å². The van der Waals surface area contributed by atoms with Gasteiger partial charge >= 0.3 is 0 Å². The van der Waals surface area contributed by atoms with Crippen molar-refractivity contribution in [2.75, 3.05) is 0 Å². The minimum Gasteiger partial charge on any atom is -0.374 e. The Labute approximate surface area is 252 Å². The van der Waals surface area contributed by atoms with Gasteiger partial charge in [0.05, 0.1) is 30.7 Å². The van der Waals surface area contributed by atoms with Gasteiger partial charge in [0.15, 0.2) is 0 Å². The van der Waals surface area contributed by atoms with Crippen LogP contribution >= 0.6 is 0 Å². The van der Waals surface area contributed by atoms with Crippen molar-refractivity contribution in [2.24, 2.45) is 53.3 Å². The monoisotopic (exact) mass is 565 g/mol. The number of rotatable bonds is 4. The maximum absolute atomic E-state index is 7.28. The Bertz CT molecular complexity index is 821. The molecule has 8 fully saturated rings. The zero-order valence-corrected chi connectivity index (χ0v) is 26.3. The minimum atomic E-state index is 0.475. The topological polar surface area (TPSA) is 45.3 Å². The van der Waals surface area contributed by atoms with Gasteiger partial charge in [-0.15, -0.1) is 0 Å². The van der Waals surface area contributed by atoms with Crippen LogP contribution in [-0.4, -0.2) is 30.7 Å². The molecule has 10 unspecified atom stereocenters. The van der Waals surface area contributed by atoms with Crippen LogP contribution in [0.3, 0.4) is 0 Å². The summed E-state index contributed by atoms with van der Waals surface area (Å²) in [5.41, 5.74) is 0. The highest BCUT2D eigenvalue weighted by Crippen LogP contribution is 2.58. The second-order valence-corrected chi connectivity index (χ2v) is 16.7. The predicted molar refractivity (Wildman–Crippen MR) is 167 cm³/mol. The largest absolute Gasteiger partial charge is 0.374 e. The van der Waals surface area contributed by atoms with E-state index in [0.29, 0.717) is 30.7 Å². The van der Waals surface area contributed by atoms with Crippen LogP contribution in [0.25, 0.3) is 0 Å². The van der Waals surface area contributed by atoms with Crippen LogP contribution in [0.15, 0.2) is 0 Å².